The van der Waals surface area contributed by atoms with Crippen LogP contribution in [0.3, 0.4) is 0 Å². The number of amides is 1. The molecule has 1 aliphatic heterocycles. The number of fused-ring (bicyclic) bond motifs is 1. The van der Waals surface area contributed by atoms with Gasteiger partial charge in [-0.15, -0.1) is 0 Å². The molecule has 1 aliphatic rings. The fraction of sp³-hybridized carbons (Fsp3) is 0.263. The average molecular weight is 341 g/mol. The van der Waals surface area contributed by atoms with Crippen LogP contribution in [0.25, 0.3) is 11.0 Å². The van der Waals surface area contributed by atoms with E-state index in [9.17, 15) is 13.6 Å². The van der Waals surface area contributed by atoms with Gasteiger partial charge in [0.15, 0.2) is 11.6 Å². The van der Waals surface area contributed by atoms with Gasteiger partial charge >= 0.3 is 0 Å². The molecule has 2 heterocycles. The molecule has 0 aliphatic carbocycles. The summed E-state index contributed by atoms with van der Waals surface area (Å²) in [5.74, 6) is -1.53. The minimum Gasteiger partial charge on any atom is -0.340 e. The van der Waals surface area contributed by atoms with Crippen molar-refractivity contribution in [2.24, 2.45) is 0 Å². The molecule has 0 spiro atoms. The van der Waals surface area contributed by atoms with Crippen LogP contribution in [-0.4, -0.2) is 27.3 Å². The summed E-state index contributed by atoms with van der Waals surface area (Å²) in [6.45, 7) is 0.569. The van der Waals surface area contributed by atoms with E-state index < -0.39 is 11.6 Å². The van der Waals surface area contributed by atoms with Gasteiger partial charge in [-0.25, -0.2) is 13.8 Å². The second-order valence-corrected chi connectivity index (χ2v) is 6.28. The van der Waals surface area contributed by atoms with Crippen molar-refractivity contribution in [3.8, 4) is 0 Å². The minimum absolute atomic E-state index is 0.155. The molecule has 1 fully saturated rings. The molecule has 0 radical (unpaired) electrons. The van der Waals surface area contributed by atoms with E-state index in [1.165, 1.54) is 6.07 Å². The number of imidazole rings is 1. The Bertz CT molecular complexity index is 904. The lowest BCUT2D eigenvalue weighted by molar-refractivity contribution is 0.0600. The lowest BCUT2D eigenvalue weighted by Gasteiger charge is -2.34. The highest BCUT2D eigenvalue weighted by atomic mass is 19.2. The maximum absolute atomic E-state index is 13.5. The molecule has 3 aromatic rings. The standard InChI is InChI=1S/C19H17F2N3O/c20-13-9-8-12(11-14(13)21)19(25)24-10-4-3-7-17(24)18-22-15-5-1-2-6-16(15)23-18/h1-2,5-6,8-9,11,17H,3-4,7,10H2,(H,22,23). The second-order valence-electron chi connectivity index (χ2n) is 6.28. The van der Waals surface area contributed by atoms with Gasteiger partial charge in [-0.3, -0.25) is 4.79 Å². The summed E-state index contributed by atoms with van der Waals surface area (Å²) < 4.78 is 26.7. The SMILES string of the molecule is O=C(c1ccc(F)c(F)c1)N1CCCCC1c1nc2ccccc2[nH]1. The van der Waals surface area contributed by atoms with Crippen molar-refractivity contribution in [2.75, 3.05) is 6.54 Å². The molecule has 1 atom stereocenters. The maximum atomic E-state index is 13.5. The first-order chi connectivity index (χ1) is 12.1. The van der Waals surface area contributed by atoms with Crippen molar-refractivity contribution < 1.29 is 13.6 Å². The molecule has 128 valence electrons. The number of carbonyl (C=O) groups excluding carboxylic acids is 1. The summed E-state index contributed by atoms with van der Waals surface area (Å²) in [4.78, 5) is 22.5. The molecule has 1 aromatic heterocycles. The van der Waals surface area contributed by atoms with Crippen molar-refractivity contribution >= 4 is 16.9 Å². The van der Waals surface area contributed by atoms with Crippen LogP contribution in [0.1, 0.15) is 41.5 Å². The van der Waals surface area contributed by atoms with E-state index in [2.05, 4.69) is 9.97 Å². The normalized spacial score (nSPS) is 17.8. The Morgan fingerprint density at radius 3 is 2.76 bits per heavy atom. The van der Waals surface area contributed by atoms with Crippen LogP contribution in [0.5, 0.6) is 0 Å². The van der Waals surface area contributed by atoms with Crippen molar-refractivity contribution in [2.45, 2.75) is 25.3 Å². The lowest BCUT2D eigenvalue weighted by atomic mass is 10.00. The first-order valence-corrected chi connectivity index (χ1v) is 8.34. The number of para-hydroxylation sites is 2. The summed E-state index contributed by atoms with van der Waals surface area (Å²) in [5.41, 5.74) is 1.92. The van der Waals surface area contributed by atoms with E-state index in [-0.39, 0.29) is 17.5 Å². The molecule has 2 aromatic carbocycles. The summed E-state index contributed by atoms with van der Waals surface area (Å²) in [6, 6.07) is 10.8. The number of H-pyrrole nitrogens is 1. The minimum atomic E-state index is -1.01. The number of nitrogens with one attached hydrogen (secondary N) is 1. The molecule has 1 unspecified atom stereocenters. The summed E-state index contributed by atoms with van der Waals surface area (Å²) in [6.07, 6.45) is 2.66. The van der Waals surface area contributed by atoms with E-state index in [0.29, 0.717) is 6.54 Å². The van der Waals surface area contributed by atoms with Crippen LogP contribution in [0.4, 0.5) is 8.78 Å². The predicted molar refractivity (Wildman–Crippen MR) is 90.1 cm³/mol. The van der Waals surface area contributed by atoms with Crippen molar-refractivity contribution in [1.29, 1.82) is 0 Å². The molecule has 6 heteroatoms. The van der Waals surface area contributed by atoms with Gasteiger partial charge in [-0.2, -0.15) is 0 Å². The Hall–Kier alpha value is -2.76. The molecule has 25 heavy (non-hydrogen) atoms. The topological polar surface area (TPSA) is 49.0 Å². The van der Waals surface area contributed by atoms with Crippen molar-refractivity contribution in [3.63, 3.8) is 0 Å². The summed E-state index contributed by atoms with van der Waals surface area (Å²) in [7, 11) is 0. The smallest absolute Gasteiger partial charge is 0.254 e. The molecule has 4 rings (SSSR count). The quantitative estimate of drug-likeness (QED) is 0.759. The number of benzene rings is 2. The molecular weight excluding hydrogens is 324 g/mol. The first-order valence-electron chi connectivity index (χ1n) is 8.34. The highest BCUT2D eigenvalue weighted by molar-refractivity contribution is 5.94. The first kappa shape index (κ1) is 15.7. The summed E-state index contributed by atoms with van der Waals surface area (Å²) >= 11 is 0. The van der Waals surface area contributed by atoms with Gasteiger partial charge in [0, 0.05) is 12.1 Å². The molecule has 0 bridgehead atoms. The number of aromatic amines is 1. The molecule has 1 N–H and O–H groups in total. The number of hydrogen-bond acceptors (Lipinski definition) is 2. The lowest BCUT2D eigenvalue weighted by Crippen LogP contribution is -2.39. The third kappa shape index (κ3) is 2.88. The fourth-order valence-corrected chi connectivity index (χ4v) is 3.38. The van der Waals surface area contributed by atoms with Crippen LogP contribution >= 0.6 is 0 Å². The van der Waals surface area contributed by atoms with Crippen LogP contribution in [0.2, 0.25) is 0 Å². The van der Waals surface area contributed by atoms with Gasteiger partial charge in [0.1, 0.15) is 5.82 Å². The average Bonchev–Trinajstić information content (AvgIpc) is 3.07. The Morgan fingerprint density at radius 1 is 1.12 bits per heavy atom. The van der Waals surface area contributed by atoms with Gasteiger partial charge in [0.2, 0.25) is 0 Å². The molecule has 4 nitrogen and oxygen atoms in total. The van der Waals surface area contributed by atoms with Crippen LogP contribution in [0, 0.1) is 11.6 Å². The van der Waals surface area contributed by atoms with Crippen LogP contribution in [-0.2, 0) is 0 Å². The largest absolute Gasteiger partial charge is 0.340 e. The van der Waals surface area contributed by atoms with E-state index in [1.807, 2.05) is 24.3 Å². The maximum Gasteiger partial charge on any atom is 0.254 e. The van der Waals surface area contributed by atoms with Crippen molar-refractivity contribution in [1.82, 2.24) is 14.9 Å². The third-order valence-electron chi connectivity index (χ3n) is 4.65. The third-order valence-corrected chi connectivity index (χ3v) is 4.65. The van der Waals surface area contributed by atoms with Gasteiger partial charge in [-0.05, 0) is 49.6 Å². The number of piperidine rings is 1. The van der Waals surface area contributed by atoms with Crippen LogP contribution < -0.4 is 0 Å². The van der Waals surface area contributed by atoms with Crippen molar-refractivity contribution in [3.05, 3.63) is 65.5 Å². The Kier molecular flexibility index (Phi) is 3.95. The van der Waals surface area contributed by atoms with E-state index in [0.717, 1.165) is 48.3 Å². The van der Waals surface area contributed by atoms with Gasteiger partial charge < -0.3 is 9.88 Å². The zero-order valence-electron chi connectivity index (χ0n) is 13.5. The molecule has 0 saturated carbocycles. The Balaban J connectivity index is 1.68. The number of aromatic nitrogens is 2. The molecular formula is C19H17F2N3O. The number of rotatable bonds is 2. The van der Waals surface area contributed by atoms with E-state index >= 15 is 0 Å². The predicted octanol–water partition coefficient (Wildman–Crippen LogP) is 4.21. The fourth-order valence-electron chi connectivity index (χ4n) is 3.38. The number of likely N-dealkylation sites (tertiary alicyclic amines) is 1. The molecule has 1 amide bonds. The van der Waals surface area contributed by atoms with E-state index in [4.69, 9.17) is 0 Å². The van der Waals surface area contributed by atoms with E-state index in [1.54, 1.807) is 4.90 Å². The monoisotopic (exact) mass is 341 g/mol. The Labute approximate surface area is 143 Å². The number of hydrogen-bond donors (Lipinski definition) is 1. The zero-order valence-corrected chi connectivity index (χ0v) is 13.5. The zero-order chi connectivity index (χ0) is 17.4. The van der Waals surface area contributed by atoms with Crippen LogP contribution in [0.15, 0.2) is 42.5 Å². The van der Waals surface area contributed by atoms with Gasteiger partial charge in [0.05, 0.1) is 17.1 Å². The Morgan fingerprint density at radius 2 is 1.96 bits per heavy atom. The number of carbonyl (C=O) groups is 1. The van der Waals surface area contributed by atoms with Gasteiger partial charge in [-0.1, -0.05) is 12.1 Å². The highest BCUT2D eigenvalue weighted by Crippen LogP contribution is 2.31. The number of nitrogens with zero attached hydrogens (tertiary/aromatic N) is 2. The number of halogens is 2. The summed E-state index contributed by atoms with van der Waals surface area (Å²) in [5, 5.41) is 0. The van der Waals surface area contributed by atoms with Gasteiger partial charge in [0.25, 0.3) is 5.91 Å². The second kappa shape index (κ2) is 6.27. The molecule has 1 saturated heterocycles. The highest BCUT2D eigenvalue weighted by Gasteiger charge is 2.31.